The minimum absolute atomic E-state index is 0.128. The molecule has 0 radical (unpaired) electrons. The molecule has 1 saturated heterocycles. The molecule has 8 heteroatoms. The van der Waals surface area contributed by atoms with Gasteiger partial charge in [0.1, 0.15) is 18.3 Å². The standard InChI is InChI=1S/C11H15FN2O5/c1-2-5(15)9-7(16)6(12)8(19-9)4-3-13-11(18)14-10(4)17/h3,5-9,15-16H,2H2,1H3,(H2,13,14,17,18)/t5?,6-,7-,8?,9+/m0/s1/i12-1. The molecule has 4 N–H and O–H groups in total. The van der Waals surface area contributed by atoms with Crippen LogP contribution in [-0.4, -0.2) is 44.7 Å². The summed E-state index contributed by atoms with van der Waals surface area (Å²) < 4.78 is 19.2. The number of aromatic amines is 2. The highest BCUT2D eigenvalue weighted by Gasteiger charge is 2.48. The van der Waals surface area contributed by atoms with E-state index >= 15 is 0 Å². The summed E-state index contributed by atoms with van der Waals surface area (Å²) in [6.45, 7) is 1.66. The van der Waals surface area contributed by atoms with Gasteiger partial charge in [-0.3, -0.25) is 9.78 Å². The molecule has 7 nitrogen and oxygen atoms in total. The molecule has 0 aromatic carbocycles. The van der Waals surface area contributed by atoms with E-state index in [1.165, 1.54) is 0 Å². The third-order valence-electron chi connectivity index (χ3n) is 3.21. The number of hydrogen-bond acceptors (Lipinski definition) is 5. The van der Waals surface area contributed by atoms with Crippen molar-refractivity contribution in [2.45, 2.75) is 43.9 Å². The fourth-order valence-corrected chi connectivity index (χ4v) is 2.11. The average molecular weight is 273 g/mol. The third-order valence-corrected chi connectivity index (χ3v) is 3.21. The second-order valence-electron chi connectivity index (χ2n) is 4.46. The molecule has 0 bridgehead atoms. The van der Waals surface area contributed by atoms with Crippen molar-refractivity contribution in [3.8, 4) is 0 Å². The van der Waals surface area contributed by atoms with Gasteiger partial charge in [0.2, 0.25) is 0 Å². The Hall–Kier alpha value is -1.51. The molecule has 1 aliphatic heterocycles. The van der Waals surface area contributed by atoms with Crippen molar-refractivity contribution >= 4 is 0 Å². The van der Waals surface area contributed by atoms with Crippen LogP contribution in [0.3, 0.4) is 0 Å². The van der Waals surface area contributed by atoms with Crippen molar-refractivity contribution in [3.05, 3.63) is 32.6 Å². The van der Waals surface area contributed by atoms with Crippen LogP contribution >= 0.6 is 0 Å². The zero-order valence-electron chi connectivity index (χ0n) is 10.2. The lowest BCUT2D eigenvalue weighted by atomic mass is 10.0. The number of rotatable bonds is 3. The van der Waals surface area contributed by atoms with Crippen LogP contribution in [-0.2, 0) is 4.74 Å². The van der Waals surface area contributed by atoms with Crippen molar-refractivity contribution in [2.75, 3.05) is 0 Å². The van der Waals surface area contributed by atoms with Crippen LogP contribution in [0, 0.1) is 0 Å². The fraction of sp³-hybridized carbons (Fsp3) is 0.636. The summed E-state index contributed by atoms with van der Waals surface area (Å²) in [5.41, 5.74) is -1.62. The number of ether oxygens (including phenoxy) is 1. The fourth-order valence-electron chi connectivity index (χ4n) is 2.11. The highest BCUT2D eigenvalue weighted by molar-refractivity contribution is 5.14. The number of aliphatic hydroxyl groups is 2. The van der Waals surface area contributed by atoms with E-state index in [4.69, 9.17) is 4.74 Å². The highest BCUT2D eigenvalue weighted by atomic mass is 18.2. The molecule has 2 rings (SSSR count). The number of aromatic nitrogens is 2. The van der Waals surface area contributed by atoms with Gasteiger partial charge in [-0.15, -0.1) is 0 Å². The van der Waals surface area contributed by atoms with Gasteiger partial charge in [0, 0.05) is 6.20 Å². The zero-order valence-corrected chi connectivity index (χ0v) is 10.2. The normalized spacial score (nSPS) is 32.4. The second-order valence-corrected chi connectivity index (χ2v) is 4.46. The Morgan fingerprint density at radius 1 is 1.53 bits per heavy atom. The molecule has 1 fully saturated rings. The van der Waals surface area contributed by atoms with Gasteiger partial charge >= 0.3 is 5.69 Å². The van der Waals surface area contributed by atoms with E-state index in [1.807, 2.05) is 4.98 Å². The molecule has 2 unspecified atom stereocenters. The molecule has 2 heterocycles. The van der Waals surface area contributed by atoms with Crippen molar-refractivity contribution in [3.63, 3.8) is 0 Å². The van der Waals surface area contributed by atoms with Crippen LogP contribution in [0.5, 0.6) is 0 Å². The lowest BCUT2D eigenvalue weighted by Gasteiger charge is -2.19. The Bertz CT molecular complexity index is 557. The lowest BCUT2D eigenvalue weighted by Crippen LogP contribution is -2.36. The second kappa shape index (κ2) is 5.24. The van der Waals surface area contributed by atoms with E-state index in [2.05, 4.69) is 4.98 Å². The Kier molecular flexibility index (Phi) is 3.83. The minimum Gasteiger partial charge on any atom is -0.390 e. The van der Waals surface area contributed by atoms with Gasteiger partial charge in [0.25, 0.3) is 5.56 Å². The average Bonchev–Trinajstić information content (AvgIpc) is 2.66. The van der Waals surface area contributed by atoms with Gasteiger partial charge < -0.3 is 19.9 Å². The van der Waals surface area contributed by atoms with E-state index in [1.54, 1.807) is 6.92 Å². The summed E-state index contributed by atoms with van der Waals surface area (Å²) >= 11 is 0. The van der Waals surface area contributed by atoms with Crippen molar-refractivity contribution in [2.24, 2.45) is 0 Å². The van der Waals surface area contributed by atoms with Crippen LogP contribution in [0.4, 0.5) is 4.39 Å². The number of hydrogen-bond donors (Lipinski definition) is 4. The summed E-state index contributed by atoms with van der Waals surface area (Å²) in [7, 11) is 0. The van der Waals surface area contributed by atoms with Gasteiger partial charge in [-0.2, -0.15) is 0 Å². The predicted octanol–water partition coefficient (Wildman–Crippen LogP) is -1.03. The van der Waals surface area contributed by atoms with E-state index in [9.17, 15) is 24.2 Å². The predicted molar refractivity (Wildman–Crippen MR) is 62.5 cm³/mol. The third kappa shape index (κ3) is 2.46. The molecule has 0 amide bonds. The molecule has 5 atom stereocenters. The Morgan fingerprint density at radius 3 is 2.79 bits per heavy atom. The summed E-state index contributed by atoms with van der Waals surface area (Å²) in [5.74, 6) is 0. The SMILES string of the molecule is CCC(O)[C@H]1OC(c2c[nH]c(=O)[nH]c2=O)[C@@H]([18F])[C@@H]1O. The van der Waals surface area contributed by atoms with E-state index in [0.717, 1.165) is 6.20 Å². The Labute approximate surface area is 107 Å². The van der Waals surface area contributed by atoms with Gasteiger partial charge in [-0.05, 0) is 6.42 Å². The quantitative estimate of drug-likeness (QED) is 0.562. The molecular weight excluding hydrogens is 258 g/mol. The molecule has 0 saturated carbocycles. The summed E-state index contributed by atoms with van der Waals surface area (Å²) in [6, 6.07) is 0. The first kappa shape index (κ1) is 13.9. The first-order valence-corrected chi connectivity index (χ1v) is 5.93. The topological polar surface area (TPSA) is 115 Å². The van der Waals surface area contributed by atoms with Crippen LogP contribution in [0.25, 0.3) is 0 Å². The zero-order chi connectivity index (χ0) is 14.2. The van der Waals surface area contributed by atoms with Crippen molar-refractivity contribution in [1.82, 2.24) is 9.97 Å². The number of aliphatic hydroxyl groups excluding tert-OH is 2. The van der Waals surface area contributed by atoms with Crippen LogP contribution in [0.2, 0.25) is 0 Å². The molecule has 1 aliphatic rings. The number of H-pyrrole nitrogens is 2. The highest BCUT2D eigenvalue weighted by Crippen LogP contribution is 2.35. The van der Waals surface area contributed by atoms with Crippen molar-refractivity contribution in [1.29, 1.82) is 0 Å². The minimum atomic E-state index is -1.85. The van der Waals surface area contributed by atoms with E-state index < -0.39 is 41.8 Å². The number of halogens is 1. The maximum atomic E-state index is 14.0. The molecule has 106 valence electrons. The summed E-state index contributed by atoms with van der Waals surface area (Å²) in [6.07, 6.45) is -5.49. The van der Waals surface area contributed by atoms with E-state index in [0.29, 0.717) is 0 Å². The Balaban J connectivity index is 2.31. The monoisotopic (exact) mass is 273 g/mol. The first-order valence-electron chi connectivity index (χ1n) is 5.93. The molecular formula is C11H15FN2O5. The summed E-state index contributed by atoms with van der Waals surface area (Å²) in [4.78, 5) is 26.6. The first-order chi connectivity index (χ1) is 8.95. The number of alkyl halides is 1. The van der Waals surface area contributed by atoms with Crippen LogP contribution in [0.1, 0.15) is 25.0 Å². The lowest BCUT2D eigenvalue weighted by molar-refractivity contribution is -0.0670. The molecule has 19 heavy (non-hydrogen) atoms. The van der Waals surface area contributed by atoms with Gasteiger partial charge in [-0.1, -0.05) is 6.92 Å². The molecule has 1 aromatic rings. The smallest absolute Gasteiger partial charge is 0.325 e. The van der Waals surface area contributed by atoms with Crippen molar-refractivity contribution < 1.29 is 19.3 Å². The van der Waals surface area contributed by atoms with E-state index in [-0.39, 0.29) is 12.0 Å². The number of nitrogens with one attached hydrogen (secondary N) is 2. The van der Waals surface area contributed by atoms with Gasteiger partial charge in [0.05, 0.1) is 11.7 Å². The summed E-state index contributed by atoms with van der Waals surface area (Å²) in [5, 5.41) is 19.3. The van der Waals surface area contributed by atoms with Crippen LogP contribution in [0.15, 0.2) is 15.8 Å². The van der Waals surface area contributed by atoms with Crippen LogP contribution < -0.4 is 11.2 Å². The molecule has 0 spiro atoms. The van der Waals surface area contributed by atoms with Gasteiger partial charge in [-0.25, -0.2) is 9.18 Å². The maximum Gasteiger partial charge on any atom is 0.325 e. The maximum absolute atomic E-state index is 14.0. The molecule has 0 aliphatic carbocycles. The largest absolute Gasteiger partial charge is 0.390 e. The van der Waals surface area contributed by atoms with Gasteiger partial charge in [0.15, 0.2) is 6.17 Å². The molecule has 1 aromatic heterocycles. The Morgan fingerprint density at radius 2 is 2.21 bits per heavy atom.